The third-order valence-corrected chi connectivity index (χ3v) is 7.72. The van der Waals surface area contributed by atoms with E-state index in [-0.39, 0.29) is 22.9 Å². The summed E-state index contributed by atoms with van der Waals surface area (Å²) < 4.78 is 5.35. The van der Waals surface area contributed by atoms with E-state index in [0.29, 0.717) is 16.8 Å². The fourth-order valence-corrected chi connectivity index (χ4v) is 5.68. The summed E-state index contributed by atoms with van der Waals surface area (Å²) in [6.45, 7) is 0. The highest BCUT2D eigenvalue weighted by molar-refractivity contribution is 7.78. The van der Waals surface area contributed by atoms with Gasteiger partial charge < -0.3 is 24.9 Å². The Balaban J connectivity index is 1.54. The Morgan fingerprint density at radius 2 is 1.42 bits per heavy atom. The molecule has 8 bridgehead atoms. The SMILES string of the molecule is COc1ccc(-c2c3nc(cc4ccc([nH]4)c(-c4ccc(N=C=S)cc4)c4nc(cc5ccc2[nH]5)CC4)C(O)=C3O)cc1. The van der Waals surface area contributed by atoms with E-state index in [0.717, 1.165) is 63.2 Å². The van der Waals surface area contributed by atoms with Crippen molar-refractivity contribution in [1.29, 1.82) is 0 Å². The summed E-state index contributed by atoms with van der Waals surface area (Å²) in [5, 5.41) is 24.6. The summed E-state index contributed by atoms with van der Waals surface area (Å²) in [6.07, 6.45) is 1.56. The zero-order valence-corrected chi connectivity index (χ0v) is 23.9. The van der Waals surface area contributed by atoms with Crippen LogP contribution in [0.1, 0.15) is 22.8 Å². The minimum atomic E-state index is -0.294. The number of aromatic nitrogens is 4. The summed E-state index contributed by atoms with van der Waals surface area (Å²) in [5.74, 6) is 0.121. The van der Waals surface area contributed by atoms with Gasteiger partial charge in [0, 0.05) is 38.9 Å². The Bertz CT molecular complexity index is 2140. The first-order valence-corrected chi connectivity index (χ1v) is 14.1. The first-order valence-electron chi connectivity index (χ1n) is 13.7. The number of hydrogen-bond acceptors (Lipinski definition) is 7. The molecule has 5 heterocycles. The van der Waals surface area contributed by atoms with Gasteiger partial charge in [0.2, 0.25) is 0 Å². The number of methoxy groups -OCH3 is 1. The largest absolute Gasteiger partial charge is 0.503 e. The van der Waals surface area contributed by atoms with Crippen LogP contribution in [-0.2, 0) is 12.8 Å². The zero-order chi connectivity index (χ0) is 29.5. The van der Waals surface area contributed by atoms with E-state index in [2.05, 4.69) is 20.1 Å². The average Bonchev–Trinajstić information content (AvgIpc) is 3.83. The maximum absolute atomic E-state index is 11.1. The molecule has 4 N–H and O–H groups in total. The Kier molecular flexibility index (Phi) is 6.58. The molecule has 3 aromatic heterocycles. The van der Waals surface area contributed by atoms with Crippen LogP contribution in [0, 0.1) is 0 Å². The van der Waals surface area contributed by atoms with E-state index >= 15 is 0 Å². The van der Waals surface area contributed by atoms with Crippen molar-refractivity contribution in [3.63, 3.8) is 0 Å². The molecule has 7 rings (SSSR count). The van der Waals surface area contributed by atoms with E-state index < -0.39 is 0 Å². The molecule has 210 valence electrons. The minimum absolute atomic E-state index is 0.245. The molecule has 0 fully saturated rings. The summed E-state index contributed by atoms with van der Waals surface area (Å²) >= 11 is 4.76. The molecule has 8 nitrogen and oxygen atoms in total. The molecule has 0 atom stereocenters. The smallest absolute Gasteiger partial charge is 0.186 e. The van der Waals surface area contributed by atoms with Crippen LogP contribution in [0.3, 0.4) is 0 Å². The number of isothiocyanates is 1. The molecule has 0 amide bonds. The van der Waals surface area contributed by atoms with Crippen molar-refractivity contribution in [3.05, 3.63) is 108 Å². The van der Waals surface area contributed by atoms with E-state index in [1.807, 2.05) is 78.9 Å². The predicted octanol–water partition coefficient (Wildman–Crippen LogP) is 8.12. The van der Waals surface area contributed by atoms with E-state index in [1.165, 1.54) is 0 Å². The lowest BCUT2D eigenvalue weighted by Gasteiger charge is -2.06. The standard InChI is InChI=1S/C34H25N5O3S/c1-42-25-11-4-20(5-12-25)31-28-15-9-23(37-28)16-22-8-13-26(36-22)30(19-2-6-21(7-3-19)35-18-43)27-14-10-24(38-27)17-29-33(40)34(41)32(31)39-29/h2-7,9-12,14-17,37-38,40-41H,8,13H2,1H3. The Hall–Kier alpha value is -5.50. The molecule has 9 heteroatoms. The fraction of sp³-hybridized carbons (Fsp3) is 0.0882. The first-order chi connectivity index (χ1) is 21.0. The number of aliphatic hydroxyl groups is 2. The number of aryl methyl sites for hydroxylation is 2. The van der Waals surface area contributed by atoms with Crippen molar-refractivity contribution in [3.8, 4) is 28.0 Å². The van der Waals surface area contributed by atoms with Gasteiger partial charge in [-0.15, -0.1) is 0 Å². The van der Waals surface area contributed by atoms with E-state index in [4.69, 9.17) is 26.9 Å². The normalized spacial score (nSPS) is 12.7. The number of aliphatic hydroxyl groups excluding tert-OH is 2. The number of thiocarbonyl (C=S) groups is 1. The van der Waals surface area contributed by atoms with Crippen molar-refractivity contribution in [2.75, 3.05) is 7.11 Å². The van der Waals surface area contributed by atoms with Gasteiger partial charge in [0.05, 0.1) is 23.7 Å². The van der Waals surface area contributed by atoms with Crippen molar-refractivity contribution in [2.24, 2.45) is 4.99 Å². The molecule has 0 aliphatic carbocycles. The molecule has 0 unspecified atom stereocenters. The Labute approximate surface area is 251 Å². The van der Waals surface area contributed by atoms with E-state index in [1.54, 1.807) is 13.2 Å². The molecule has 2 aliphatic rings. The highest BCUT2D eigenvalue weighted by Gasteiger charge is 2.24. The van der Waals surface area contributed by atoms with Gasteiger partial charge >= 0.3 is 0 Å². The third-order valence-electron chi connectivity index (χ3n) is 7.62. The second-order valence-electron chi connectivity index (χ2n) is 10.3. The minimum Gasteiger partial charge on any atom is -0.503 e. The van der Waals surface area contributed by atoms with Crippen LogP contribution in [-0.4, -0.2) is 42.4 Å². The monoisotopic (exact) mass is 583 g/mol. The van der Waals surface area contributed by atoms with Crippen molar-refractivity contribution in [2.45, 2.75) is 12.8 Å². The molecule has 43 heavy (non-hydrogen) atoms. The maximum atomic E-state index is 11.1. The molecule has 0 saturated heterocycles. The summed E-state index contributed by atoms with van der Waals surface area (Å²) in [7, 11) is 1.61. The highest BCUT2D eigenvalue weighted by Crippen LogP contribution is 2.37. The van der Waals surface area contributed by atoms with Crippen LogP contribution in [0.5, 0.6) is 5.75 Å². The van der Waals surface area contributed by atoms with Crippen molar-refractivity contribution >= 4 is 56.7 Å². The van der Waals surface area contributed by atoms with Gasteiger partial charge in [-0.1, -0.05) is 24.3 Å². The quantitative estimate of drug-likeness (QED) is 0.125. The summed E-state index contributed by atoms with van der Waals surface area (Å²) in [4.78, 5) is 20.8. The molecule has 5 aromatic rings. The molecular weight excluding hydrogens is 558 g/mol. The van der Waals surface area contributed by atoms with Gasteiger partial charge in [-0.3, -0.25) is 4.98 Å². The van der Waals surface area contributed by atoms with Crippen LogP contribution in [0.25, 0.3) is 55.8 Å². The molecule has 2 aliphatic heterocycles. The van der Waals surface area contributed by atoms with Gasteiger partial charge in [-0.05, 0) is 96.9 Å². The second-order valence-corrected chi connectivity index (χ2v) is 10.4. The number of nitrogens with zero attached hydrogens (tertiary/aromatic N) is 3. The van der Waals surface area contributed by atoms with Crippen LogP contribution in [0.4, 0.5) is 5.69 Å². The average molecular weight is 584 g/mol. The van der Waals surface area contributed by atoms with Gasteiger partial charge in [0.1, 0.15) is 17.1 Å². The lowest BCUT2D eigenvalue weighted by molar-refractivity contribution is 0.415. The van der Waals surface area contributed by atoms with Crippen LogP contribution >= 0.6 is 12.2 Å². The zero-order valence-electron chi connectivity index (χ0n) is 23.0. The summed E-state index contributed by atoms with van der Waals surface area (Å²) in [6, 6.07) is 26.9. The number of ether oxygens (including phenoxy) is 1. The number of nitrogens with one attached hydrogen (secondary N) is 2. The van der Waals surface area contributed by atoms with Crippen LogP contribution < -0.4 is 4.74 Å². The molecule has 0 saturated carbocycles. The van der Waals surface area contributed by atoms with Crippen molar-refractivity contribution in [1.82, 2.24) is 19.9 Å². The van der Waals surface area contributed by atoms with Gasteiger partial charge in [0.15, 0.2) is 11.5 Å². The Morgan fingerprint density at radius 1 is 0.767 bits per heavy atom. The second kappa shape index (κ2) is 10.7. The lowest BCUT2D eigenvalue weighted by atomic mass is 10.0. The molecular formula is C34H25N5O3S. The third kappa shape index (κ3) is 4.86. The van der Waals surface area contributed by atoms with E-state index in [9.17, 15) is 10.2 Å². The number of hydrogen-bond donors (Lipinski definition) is 4. The number of rotatable bonds is 4. The van der Waals surface area contributed by atoms with Gasteiger partial charge in [-0.2, -0.15) is 4.99 Å². The Morgan fingerprint density at radius 3 is 2.12 bits per heavy atom. The lowest BCUT2D eigenvalue weighted by Crippen LogP contribution is -1.90. The van der Waals surface area contributed by atoms with Crippen LogP contribution in [0.15, 0.2) is 89.9 Å². The maximum Gasteiger partial charge on any atom is 0.186 e. The van der Waals surface area contributed by atoms with Crippen molar-refractivity contribution < 1.29 is 14.9 Å². The number of aromatic amines is 2. The van der Waals surface area contributed by atoms with Gasteiger partial charge in [-0.25, -0.2) is 4.98 Å². The number of benzene rings is 2. The topological polar surface area (TPSA) is 119 Å². The molecule has 0 radical (unpaired) electrons. The number of fused-ring (bicyclic) bond motifs is 8. The highest BCUT2D eigenvalue weighted by atomic mass is 32.1. The first kappa shape index (κ1) is 26.4. The number of aliphatic imine (C=N–C) groups is 1. The van der Waals surface area contributed by atoms with Crippen LogP contribution in [0.2, 0.25) is 0 Å². The molecule has 0 spiro atoms. The summed E-state index contributed by atoms with van der Waals surface area (Å²) in [5.41, 5.74) is 9.72. The van der Waals surface area contributed by atoms with Gasteiger partial charge in [0.25, 0.3) is 0 Å². The fourth-order valence-electron chi connectivity index (χ4n) is 5.57. The molecule has 2 aromatic carbocycles. The predicted molar refractivity (Wildman–Crippen MR) is 173 cm³/mol. The number of H-pyrrole nitrogens is 2.